The van der Waals surface area contributed by atoms with Gasteiger partial charge >= 0.3 is 0 Å². The molecule has 1 aromatic carbocycles. The molecule has 0 aliphatic rings. The van der Waals surface area contributed by atoms with Gasteiger partial charge in [-0.05, 0) is 18.9 Å². The van der Waals surface area contributed by atoms with Gasteiger partial charge in [0.25, 0.3) is 5.69 Å². The number of benzene rings is 1. The molecule has 0 amide bonds. The Labute approximate surface area is 114 Å². The van der Waals surface area contributed by atoms with Crippen molar-refractivity contribution in [2.75, 3.05) is 6.26 Å². The van der Waals surface area contributed by atoms with Crippen LogP contribution in [0, 0.1) is 10.1 Å². The summed E-state index contributed by atoms with van der Waals surface area (Å²) < 4.78 is 22.8. The highest BCUT2D eigenvalue weighted by atomic mass is 79.9. The Morgan fingerprint density at radius 3 is 2.22 bits per heavy atom. The van der Waals surface area contributed by atoms with Gasteiger partial charge in [-0.1, -0.05) is 28.1 Å². The van der Waals surface area contributed by atoms with E-state index >= 15 is 0 Å². The standard InChI is InChI=1S/C11H14BrNO4S/c1-8(18(2,16)17)11(12)7-9-3-5-10(6-4-9)13(14)15/h3-6,8,11H,7H2,1-2H3. The molecule has 0 saturated heterocycles. The fraction of sp³-hybridized carbons (Fsp3) is 0.455. The summed E-state index contributed by atoms with van der Waals surface area (Å²) in [6, 6.07) is 6.11. The maximum Gasteiger partial charge on any atom is 0.269 e. The van der Waals surface area contributed by atoms with Crippen molar-refractivity contribution < 1.29 is 13.3 Å². The van der Waals surface area contributed by atoms with E-state index in [1.807, 2.05) is 0 Å². The van der Waals surface area contributed by atoms with Crippen LogP contribution in [0.2, 0.25) is 0 Å². The van der Waals surface area contributed by atoms with Crippen molar-refractivity contribution in [3.05, 3.63) is 39.9 Å². The van der Waals surface area contributed by atoms with Crippen molar-refractivity contribution in [2.45, 2.75) is 23.4 Å². The summed E-state index contributed by atoms with van der Waals surface area (Å²) in [5.41, 5.74) is 0.888. The average molecular weight is 336 g/mol. The molecule has 1 aromatic rings. The lowest BCUT2D eigenvalue weighted by Crippen LogP contribution is -2.27. The van der Waals surface area contributed by atoms with E-state index in [0.29, 0.717) is 6.42 Å². The zero-order valence-corrected chi connectivity index (χ0v) is 12.4. The first kappa shape index (κ1) is 15.1. The fourth-order valence-corrected chi connectivity index (χ4v) is 3.60. The van der Waals surface area contributed by atoms with E-state index < -0.39 is 20.0 Å². The number of rotatable bonds is 5. The monoisotopic (exact) mass is 335 g/mol. The highest BCUT2D eigenvalue weighted by Gasteiger charge is 2.23. The van der Waals surface area contributed by atoms with Crippen LogP contribution in [0.5, 0.6) is 0 Å². The summed E-state index contributed by atoms with van der Waals surface area (Å²) in [5.74, 6) is 0. The molecule has 7 heteroatoms. The molecular weight excluding hydrogens is 322 g/mol. The molecule has 0 aliphatic heterocycles. The first-order valence-electron chi connectivity index (χ1n) is 5.28. The van der Waals surface area contributed by atoms with Crippen LogP contribution in [0.4, 0.5) is 5.69 Å². The lowest BCUT2D eigenvalue weighted by Gasteiger charge is -2.16. The number of sulfone groups is 1. The first-order valence-corrected chi connectivity index (χ1v) is 8.15. The number of nitrogens with zero attached hydrogens (tertiary/aromatic N) is 1. The summed E-state index contributed by atoms with van der Waals surface area (Å²) in [4.78, 5) is 9.81. The SMILES string of the molecule is CC(C(Br)Cc1ccc([N+](=O)[O-])cc1)S(C)(=O)=O. The van der Waals surface area contributed by atoms with Crippen LogP contribution >= 0.6 is 15.9 Å². The Morgan fingerprint density at radius 2 is 1.83 bits per heavy atom. The number of alkyl halides is 1. The van der Waals surface area contributed by atoms with Crippen LogP contribution < -0.4 is 0 Å². The fourth-order valence-electron chi connectivity index (χ4n) is 1.41. The molecule has 2 atom stereocenters. The molecule has 0 aliphatic carbocycles. The molecule has 0 bridgehead atoms. The Bertz CT molecular complexity index is 526. The van der Waals surface area contributed by atoms with Crippen LogP contribution in [0.3, 0.4) is 0 Å². The molecule has 0 fully saturated rings. The number of hydrogen-bond acceptors (Lipinski definition) is 4. The van der Waals surface area contributed by atoms with Crippen LogP contribution in [0.25, 0.3) is 0 Å². The largest absolute Gasteiger partial charge is 0.269 e. The number of nitro benzene ring substituents is 1. The van der Waals surface area contributed by atoms with E-state index in [9.17, 15) is 18.5 Å². The topological polar surface area (TPSA) is 77.3 Å². The number of halogens is 1. The predicted molar refractivity (Wildman–Crippen MR) is 73.8 cm³/mol. The Balaban J connectivity index is 2.76. The van der Waals surface area contributed by atoms with Gasteiger partial charge in [0.15, 0.2) is 9.84 Å². The van der Waals surface area contributed by atoms with Gasteiger partial charge in [0.2, 0.25) is 0 Å². The van der Waals surface area contributed by atoms with E-state index in [2.05, 4.69) is 15.9 Å². The molecule has 5 nitrogen and oxygen atoms in total. The molecule has 0 saturated carbocycles. The number of hydrogen-bond donors (Lipinski definition) is 0. The third kappa shape index (κ3) is 4.06. The van der Waals surface area contributed by atoms with Crippen LogP contribution in [0.1, 0.15) is 12.5 Å². The third-order valence-electron chi connectivity index (χ3n) is 2.76. The van der Waals surface area contributed by atoms with Gasteiger partial charge < -0.3 is 0 Å². The van der Waals surface area contributed by atoms with E-state index in [4.69, 9.17) is 0 Å². The minimum atomic E-state index is -3.10. The number of nitro groups is 1. The van der Waals surface area contributed by atoms with Crippen LogP contribution in [-0.2, 0) is 16.3 Å². The van der Waals surface area contributed by atoms with Crippen molar-refractivity contribution in [2.24, 2.45) is 0 Å². The second kappa shape index (κ2) is 5.79. The summed E-state index contributed by atoms with van der Waals surface area (Å²) in [7, 11) is -3.10. The van der Waals surface area contributed by atoms with Crippen LogP contribution in [-0.4, -0.2) is 29.7 Å². The quantitative estimate of drug-likeness (QED) is 0.470. The minimum Gasteiger partial charge on any atom is -0.258 e. The van der Waals surface area contributed by atoms with Gasteiger partial charge in [0.05, 0.1) is 10.2 Å². The van der Waals surface area contributed by atoms with Crippen molar-refractivity contribution in [1.82, 2.24) is 0 Å². The lowest BCUT2D eigenvalue weighted by molar-refractivity contribution is -0.384. The molecule has 0 aromatic heterocycles. The molecular formula is C11H14BrNO4S. The second-order valence-electron chi connectivity index (χ2n) is 4.18. The molecule has 2 unspecified atom stereocenters. The molecule has 0 heterocycles. The number of non-ortho nitro benzene ring substituents is 1. The summed E-state index contributed by atoms with van der Waals surface area (Å²) in [5, 5.41) is 9.98. The summed E-state index contributed by atoms with van der Waals surface area (Å²) in [6.45, 7) is 1.64. The molecule has 1 rings (SSSR count). The van der Waals surface area contributed by atoms with Gasteiger partial charge in [0, 0.05) is 23.2 Å². The normalized spacial score (nSPS) is 15.1. The highest BCUT2D eigenvalue weighted by Crippen LogP contribution is 2.20. The van der Waals surface area contributed by atoms with E-state index in [0.717, 1.165) is 5.56 Å². The van der Waals surface area contributed by atoms with Crippen molar-refractivity contribution in [3.63, 3.8) is 0 Å². The van der Waals surface area contributed by atoms with Crippen molar-refractivity contribution in [3.8, 4) is 0 Å². The van der Waals surface area contributed by atoms with Crippen LogP contribution in [0.15, 0.2) is 24.3 Å². The Kier molecular flexibility index (Phi) is 4.86. The summed E-state index contributed by atoms with van der Waals surface area (Å²) >= 11 is 3.35. The van der Waals surface area contributed by atoms with Gasteiger partial charge in [-0.3, -0.25) is 10.1 Å². The molecule has 100 valence electrons. The van der Waals surface area contributed by atoms with Gasteiger partial charge in [0.1, 0.15) is 0 Å². The zero-order chi connectivity index (χ0) is 13.9. The lowest BCUT2D eigenvalue weighted by atomic mass is 10.1. The third-order valence-corrected chi connectivity index (χ3v) is 5.91. The van der Waals surface area contributed by atoms with E-state index in [1.165, 1.54) is 18.4 Å². The van der Waals surface area contributed by atoms with Crippen molar-refractivity contribution >= 4 is 31.5 Å². The average Bonchev–Trinajstić information content (AvgIpc) is 2.27. The summed E-state index contributed by atoms with van der Waals surface area (Å²) in [6.07, 6.45) is 1.70. The molecule has 0 spiro atoms. The van der Waals surface area contributed by atoms with Gasteiger partial charge in [-0.25, -0.2) is 8.42 Å². The molecule has 0 radical (unpaired) electrons. The predicted octanol–water partition coefficient (Wildman–Crippen LogP) is 2.33. The molecule has 0 N–H and O–H groups in total. The Morgan fingerprint density at radius 1 is 1.33 bits per heavy atom. The zero-order valence-electron chi connectivity index (χ0n) is 10.0. The second-order valence-corrected chi connectivity index (χ2v) is 7.76. The minimum absolute atomic E-state index is 0.0287. The highest BCUT2D eigenvalue weighted by molar-refractivity contribution is 9.09. The Hall–Kier alpha value is -0.950. The van der Waals surface area contributed by atoms with E-state index in [1.54, 1.807) is 19.1 Å². The van der Waals surface area contributed by atoms with Gasteiger partial charge in [-0.2, -0.15) is 0 Å². The maximum atomic E-state index is 11.4. The van der Waals surface area contributed by atoms with Crippen molar-refractivity contribution in [1.29, 1.82) is 0 Å². The smallest absolute Gasteiger partial charge is 0.258 e. The van der Waals surface area contributed by atoms with E-state index in [-0.39, 0.29) is 10.5 Å². The van der Waals surface area contributed by atoms with Gasteiger partial charge in [-0.15, -0.1) is 0 Å². The maximum absolute atomic E-state index is 11.4. The first-order chi connectivity index (χ1) is 8.21. The molecule has 18 heavy (non-hydrogen) atoms.